The summed E-state index contributed by atoms with van der Waals surface area (Å²) in [6, 6.07) is 6.32. The number of nitrogens with two attached hydrogens (primary N) is 1. The minimum atomic E-state index is 0.194. The maximum atomic E-state index is 6.34. The van der Waals surface area contributed by atoms with E-state index < -0.39 is 0 Å². The van der Waals surface area contributed by atoms with Crippen LogP contribution in [0.4, 0.5) is 0 Å². The van der Waals surface area contributed by atoms with E-state index in [4.69, 9.17) is 17.3 Å². The molecule has 1 atom stereocenters. The summed E-state index contributed by atoms with van der Waals surface area (Å²) < 4.78 is 5.21. The number of nitrogens with zero attached hydrogens (tertiary/aromatic N) is 2. The van der Waals surface area contributed by atoms with E-state index in [0.717, 1.165) is 39.3 Å². The van der Waals surface area contributed by atoms with Crippen LogP contribution in [0, 0.1) is 0 Å². The molecule has 2 N–H and O–H groups in total. The molecule has 0 spiro atoms. The van der Waals surface area contributed by atoms with Crippen molar-refractivity contribution >= 4 is 34.9 Å². The van der Waals surface area contributed by atoms with Crippen LogP contribution in [0.25, 0.3) is 0 Å². The summed E-state index contributed by atoms with van der Waals surface area (Å²) in [5.41, 5.74) is 7.15. The average molecular weight is 328 g/mol. The Bertz CT molecular complexity index is 571. The number of rotatable bonds is 6. The summed E-state index contributed by atoms with van der Waals surface area (Å²) in [5.74, 6) is 0.888. The molecule has 0 saturated heterocycles. The van der Waals surface area contributed by atoms with Crippen molar-refractivity contribution in [2.45, 2.75) is 48.4 Å². The summed E-state index contributed by atoms with van der Waals surface area (Å²) in [6.07, 6.45) is 2.69. The molecule has 0 aliphatic heterocycles. The number of benzene rings is 1. The van der Waals surface area contributed by atoms with Gasteiger partial charge >= 0.3 is 0 Å². The van der Waals surface area contributed by atoms with Gasteiger partial charge in [0.25, 0.3) is 0 Å². The molecule has 1 aromatic heterocycles. The molecule has 2 rings (SSSR count). The van der Waals surface area contributed by atoms with Crippen LogP contribution in [0.1, 0.15) is 31.7 Å². The molecule has 0 fully saturated rings. The van der Waals surface area contributed by atoms with Gasteiger partial charge in [0.2, 0.25) is 0 Å². The van der Waals surface area contributed by atoms with E-state index in [9.17, 15) is 0 Å². The van der Waals surface area contributed by atoms with E-state index >= 15 is 0 Å². The van der Waals surface area contributed by atoms with Crippen LogP contribution in [0.15, 0.2) is 27.4 Å². The fraction of sp³-hybridized carbons (Fsp3) is 0.429. The third-order valence-electron chi connectivity index (χ3n) is 2.98. The lowest BCUT2D eigenvalue weighted by atomic mass is 10.1. The molecule has 0 amide bonds. The van der Waals surface area contributed by atoms with E-state index in [2.05, 4.69) is 29.3 Å². The third-order valence-corrected chi connectivity index (χ3v) is 5.27. The van der Waals surface area contributed by atoms with Gasteiger partial charge < -0.3 is 5.73 Å². The molecule has 0 saturated carbocycles. The molecule has 20 heavy (non-hydrogen) atoms. The Morgan fingerprint density at radius 3 is 2.80 bits per heavy atom. The molecule has 1 heterocycles. The van der Waals surface area contributed by atoms with Crippen molar-refractivity contribution in [2.75, 3.05) is 0 Å². The number of hydrogen-bond donors (Lipinski definition) is 1. The maximum Gasteiger partial charge on any atom is 0.174 e. The molecular weight excluding hydrogens is 310 g/mol. The fourth-order valence-corrected chi connectivity index (χ4v) is 3.70. The second-order valence-electron chi connectivity index (χ2n) is 4.57. The highest BCUT2D eigenvalue weighted by atomic mass is 35.5. The highest BCUT2D eigenvalue weighted by molar-refractivity contribution is 8.01. The van der Waals surface area contributed by atoms with Crippen molar-refractivity contribution in [1.29, 1.82) is 0 Å². The molecule has 3 nitrogen and oxygen atoms in total. The number of aromatic nitrogens is 2. The Hall–Kier alpha value is -0.620. The number of hydrogen-bond acceptors (Lipinski definition) is 5. The smallest absolute Gasteiger partial charge is 0.174 e. The normalized spacial score (nSPS) is 12.6. The Labute approximate surface area is 133 Å². The first-order valence-corrected chi connectivity index (χ1v) is 8.63. The van der Waals surface area contributed by atoms with E-state index in [-0.39, 0.29) is 6.04 Å². The van der Waals surface area contributed by atoms with Crippen LogP contribution < -0.4 is 5.73 Å². The molecule has 1 aromatic carbocycles. The molecule has 0 aliphatic carbocycles. The van der Waals surface area contributed by atoms with Gasteiger partial charge in [-0.25, -0.2) is 4.98 Å². The van der Waals surface area contributed by atoms with Crippen LogP contribution in [-0.2, 0) is 12.8 Å². The Balaban J connectivity index is 2.09. The van der Waals surface area contributed by atoms with Gasteiger partial charge in [-0.2, -0.15) is 4.37 Å². The van der Waals surface area contributed by atoms with Gasteiger partial charge in [0, 0.05) is 17.4 Å². The van der Waals surface area contributed by atoms with E-state index in [1.165, 1.54) is 17.1 Å². The summed E-state index contributed by atoms with van der Waals surface area (Å²) in [6.45, 7) is 4.15. The van der Waals surface area contributed by atoms with Gasteiger partial charge in [0.05, 0.1) is 5.02 Å². The largest absolute Gasteiger partial charge is 0.327 e. The molecule has 0 bridgehead atoms. The quantitative estimate of drug-likeness (QED) is 0.864. The van der Waals surface area contributed by atoms with Gasteiger partial charge in [0.1, 0.15) is 5.82 Å². The van der Waals surface area contributed by atoms with E-state index in [1.807, 2.05) is 12.1 Å². The Morgan fingerprint density at radius 2 is 2.20 bits per heavy atom. The van der Waals surface area contributed by atoms with Gasteiger partial charge in [-0.15, -0.1) is 0 Å². The second kappa shape index (κ2) is 7.41. The standard InChI is InChI=1S/C14H18ClN3S2/c1-3-10(16)7-9-5-6-12(11(15)8-9)19-14-17-13(4-2)18-20-14/h5-6,8,10H,3-4,7,16H2,1-2H3. The summed E-state index contributed by atoms with van der Waals surface area (Å²) in [7, 11) is 0. The third kappa shape index (κ3) is 4.19. The van der Waals surface area contributed by atoms with Gasteiger partial charge in [-0.1, -0.05) is 43.3 Å². The molecule has 0 aliphatic rings. The van der Waals surface area contributed by atoms with Gasteiger partial charge in [-0.05, 0) is 42.1 Å². The van der Waals surface area contributed by atoms with Gasteiger partial charge in [-0.3, -0.25) is 0 Å². The van der Waals surface area contributed by atoms with Crippen molar-refractivity contribution in [3.63, 3.8) is 0 Å². The lowest BCUT2D eigenvalue weighted by Gasteiger charge is -2.10. The molecule has 2 aromatic rings. The predicted octanol–water partition coefficient (Wildman–Crippen LogP) is 4.18. The zero-order chi connectivity index (χ0) is 14.5. The summed E-state index contributed by atoms with van der Waals surface area (Å²) in [5, 5.41) is 0.754. The van der Waals surface area contributed by atoms with E-state index in [1.54, 1.807) is 11.8 Å². The number of halogens is 1. The predicted molar refractivity (Wildman–Crippen MR) is 86.8 cm³/mol. The number of aryl methyl sites for hydroxylation is 1. The van der Waals surface area contributed by atoms with Crippen molar-refractivity contribution in [2.24, 2.45) is 5.73 Å². The Morgan fingerprint density at radius 1 is 1.40 bits per heavy atom. The zero-order valence-corrected chi connectivity index (χ0v) is 14.0. The minimum Gasteiger partial charge on any atom is -0.327 e. The zero-order valence-electron chi connectivity index (χ0n) is 11.6. The van der Waals surface area contributed by atoms with Crippen molar-refractivity contribution in [3.8, 4) is 0 Å². The van der Waals surface area contributed by atoms with Crippen LogP contribution in [-0.4, -0.2) is 15.4 Å². The fourth-order valence-electron chi connectivity index (χ4n) is 1.72. The first-order valence-electron chi connectivity index (χ1n) is 6.66. The van der Waals surface area contributed by atoms with Crippen LogP contribution in [0.3, 0.4) is 0 Å². The van der Waals surface area contributed by atoms with Crippen molar-refractivity contribution < 1.29 is 0 Å². The molecular formula is C14H18ClN3S2. The lowest BCUT2D eigenvalue weighted by Crippen LogP contribution is -2.21. The minimum absolute atomic E-state index is 0.194. The van der Waals surface area contributed by atoms with E-state index in [0.29, 0.717) is 0 Å². The monoisotopic (exact) mass is 327 g/mol. The Kier molecular flexibility index (Phi) is 5.84. The highest BCUT2D eigenvalue weighted by Crippen LogP contribution is 2.34. The lowest BCUT2D eigenvalue weighted by molar-refractivity contribution is 0.646. The van der Waals surface area contributed by atoms with Crippen molar-refractivity contribution in [1.82, 2.24) is 9.36 Å². The molecule has 6 heteroatoms. The van der Waals surface area contributed by atoms with Gasteiger partial charge in [0.15, 0.2) is 4.34 Å². The highest BCUT2D eigenvalue weighted by Gasteiger charge is 2.09. The molecule has 1 unspecified atom stereocenters. The summed E-state index contributed by atoms with van der Waals surface area (Å²) >= 11 is 9.33. The first-order chi connectivity index (χ1) is 9.62. The SMILES string of the molecule is CCc1nsc(Sc2ccc(CC(N)CC)cc2Cl)n1. The summed E-state index contributed by atoms with van der Waals surface area (Å²) in [4.78, 5) is 5.45. The molecule has 108 valence electrons. The molecule has 0 radical (unpaired) electrons. The van der Waals surface area contributed by atoms with Crippen LogP contribution >= 0.6 is 34.9 Å². The van der Waals surface area contributed by atoms with Crippen LogP contribution in [0.5, 0.6) is 0 Å². The van der Waals surface area contributed by atoms with Crippen molar-refractivity contribution in [3.05, 3.63) is 34.6 Å². The second-order valence-corrected chi connectivity index (χ2v) is 7.02. The average Bonchev–Trinajstić information content (AvgIpc) is 2.89. The topological polar surface area (TPSA) is 51.8 Å². The first kappa shape index (κ1) is 15.8. The maximum absolute atomic E-state index is 6.34. The van der Waals surface area contributed by atoms with Crippen LogP contribution in [0.2, 0.25) is 5.02 Å².